The molecule has 2 aromatic heterocycles. The highest BCUT2D eigenvalue weighted by Crippen LogP contribution is 2.26. The van der Waals surface area contributed by atoms with Crippen molar-refractivity contribution in [3.63, 3.8) is 0 Å². The summed E-state index contributed by atoms with van der Waals surface area (Å²) in [7, 11) is 1.57. The Labute approximate surface area is 138 Å². The van der Waals surface area contributed by atoms with E-state index in [9.17, 15) is 4.79 Å². The van der Waals surface area contributed by atoms with E-state index in [2.05, 4.69) is 25.0 Å². The molecule has 0 radical (unpaired) electrons. The van der Waals surface area contributed by atoms with E-state index in [4.69, 9.17) is 4.74 Å². The molecule has 3 rings (SSSR count). The van der Waals surface area contributed by atoms with E-state index in [0.717, 1.165) is 23.8 Å². The van der Waals surface area contributed by atoms with Gasteiger partial charge in [-0.25, -0.2) is 9.67 Å². The molecule has 9 heteroatoms. The van der Waals surface area contributed by atoms with Crippen LogP contribution in [0, 0.1) is 12.8 Å². The van der Waals surface area contributed by atoms with Gasteiger partial charge < -0.3 is 4.74 Å². The summed E-state index contributed by atoms with van der Waals surface area (Å²) in [5.41, 5.74) is 1.13. The second-order valence-corrected chi connectivity index (χ2v) is 6.51. The molecule has 0 unspecified atom stereocenters. The van der Waals surface area contributed by atoms with E-state index in [-0.39, 0.29) is 5.91 Å². The van der Waals surface area contributed by atoms with E-state index in [1.165, 1.54) is 25.7 Å². The van der Waals surface area contributed by atoms with Gasteiger partial charge in [0.25, 0.3) is 5.91 Å². The molecule has 0 spiro atoms. The topological polar surface area (TPSA) is 94.8 Å². The molecular weight excluding hydrogens is 316 g/mol. The van der Waals surface area contributed by atoms with Crippen molar-refractivity contribution in [2.75, 3.05) is 12.4 Å². The van der Waals surface area contributed by atoms with Crippen LogP contribution in [-0.4, -0.2) is 37.4 Å². The van der Waals surface area contributed by atoms with Crippen LogP contribution in [-0.2, 0) is 17.9 Å². The van der Waals surface area contributed by atoms with Crippen molar-refractivity contribution >= 4 is 22.6 Å². The number of anilines is 1. The van der Waals surface area contributed by atoms with Gasteiger partial charge in [-0.2, -0.15) is 4.37 Å². The van der Waals surface area contributed by atoms with Crippen LogP contribution in [0.4, 0.5) is 5.13 Å². The van der Waals surface area contributed by atoms with Gasteiger partial charge in [-0.15, -0.1) is 5.10 Å². The molecule has 0 saturated heterocycles. The average Bonchev–Trinajstić information content (AvgIpc) is 3.24. The van der Waals surface area contributed by atoms with Crippen molar-refractivity contribution in [2.24, 2.45) is 5.92 Å². The van der Waals surface area contributed by atoms with Gasteiger partial charge in [0.2, 0.25) is 5.13 Å². The van der Waals surface area contributed by atoms with Gasteiger partial charge in [0.1, 0.15) is 6.61 Å². The summed E-state index contributed by atoms with van der Waals surface area (Å²) in [5, 5.41) is 11.3. The lowest BCUT2D eigenvalue weighted by atomic mass is 10.1. The number of aromatic nitrogens is 5. The van der Waals surface area contributed by atoms with Gasteiger partial charge in [-0.3, -0.25) is 10.1 Å². The predicted molar refractivity (Wildman–Crippen MR) is 85.3 cm³/mol. The second-order valence-electron chi connectivity index (χ2n) is 5.76. The molecule has 0 aromatic carbocycles. The molecule has 2 heterocycles. The highest BCUT2D eigenvalue weighted by atomic mass is 32.1. The van der Waals surface area contributed by atoms with Crippen LogP contribution in [0.5, 0.6) is 0 Å². The van der Waals surface area contributed by atoms with Gasteiger partial charge >= 0.3 is 0 Å². The predicted octanol–water partition coefficient (Wildman–Crippen LogP) is 2.03. The summed E-state index contributed by atoms with van der Waals surface area (Å²) in [6.45, 7) is 3.03. The lowest BCUT2D eigenvalue weighted by Crippen LogP contribution is -2.15. The van der Waals surface area contributed by atoms with Crippen LogP contribution in [0.25, 0.3) is 0 Å². The van der Waals surface area contributed by atoms with Crippen LogP contribution >= 0.6 is 11.5 Å². The third-order valence-corrected chi connectivity index (χ3v) is 4.73. The van der Waals surface area contributed by atoms with E-state index in [1.54, 1.807) is 7.11 Å². The molecule has 23 heavy (non-hydrogen) atoms. The molecule has 0 aliphatic heterocycles. The van der Waals surface area contributed by atoms with Crippen molar-refractivity contribution in [3.8, 4) is 0 Å². The Bertz CT molecular complexity index is 677. The zero-order chi connectivity index (χ0) is 16.2. The SMILES string of the molecule is COCc1nsc(NC(=O)c2nnn(CC3CCCC3)c2C)n1. The van der Waals surface area contributed by atoms with Gasteiger partial charge in [-0.1, -0.05) is 18.1 Å². The summed E-state index contributed by atoms with van der Waals surface area (Å²) >= 11 is 1.12. The number of ether oxygens (including phenoxy) is 1. The van der Waals surface area contributed by atoms with Gasteiger partial charge in [0.05, 0.1) is 5.69 Å². The number of rotatable bonds is 6. The fourth-order valence-corrected chi connectivity index (χ4v) is 3.40. The van der Waals surface area contributed by atoms with E-state index in [0.29, 0.717) is 29.2 Å². The molecule has 1 fully saturated rings. The molecule has 1 saturated carbocycles. The number of nitrogens with one attached hydrogen (secondary N) is 1. The molecule has 1 aliphatic carbocycles. The number of nitrogens with zero attached hydrogens (tertiary/aromatic N) is 5. The number of carbonyl (C=O) groups is 1. The monoisotopic (exact) mass is 336 g/mol. The van der Waals surface area contributed by atoms with Crippen LogP contribution in [0.3, 0.4) is 0 Å². The summed E-state index contributed by atoms with van der Waals surface area (Å²) < 4.78 is 10.9. The molecular formula is C14H20N6O2S. The van der Waals surface area contributed by atoms with Crippen LogP contribution in [0.1, 0.15) is 47.7 Å². The van der Waals surface area contributed by atoms with Gasteiger partial charge in [0.15, 0.2) is 11.5 Å². The van der Waals surface area contributed by atoms with Gasteiger partial charge in [-0.05, 0) is 25.7 Å². The Kier molecular flexibility index (Phi) is 4.97. The lowest BCUT2D eigenvalue weighted by molar-refractivity contribution is 0.102. The number of carbonyl (C=O) groups excluding carboxylic acids is 1. The van der Waals surface area contributed by atoms with Crippen LogP contribution in [0.2, 0.25) is 0 Å². The Hall–Kier alpha value is -1.87. The number of hydrogen-bond acceptors (Lipinski definition) is 7. The van der Waals surface area contributed by atoms with E-state index < -0.39 is 0 Å². The molecule has 1 aliphatic rings. The Morgan fingerprint density at radius 2 is 2.22 bits per heavy atom. The average molecular weight is 336 g/mol. The standard InChI is InChI=1S/C14H20N6O2S/c1-9-12(17-19-20(9)7-10-5-3-4-6-10)13(21)16-14-15-11(8-22-2)18-23-14/h10H,3-8H2,1-2H3,(H,15,16,18,21). The highest BCUT2D eigenvalue weighted by molar-refractivity contribution is 7.09. The fraction of sp³-hybridized carbons (Fsp3) is 0.643. The van der Waals surface area contributed by atoms with Crippen molar-refractivity contribution in [2.45, 2.75) is 45.8 Å². The Morgan fingerprint density at radius 3 is 2.96 bits per heavy atom. The van der Waals surface area contributed by atoms with Crippen molar-refractivity contribution in [1.29, 1.82) is 0 Å². The van der Waals surface area contributed by atoms with Gasteiger partial charge in [0, 0.05) is 25.2 Å². The third-order valence-electron chi connectivity index (χ3n) is 4.07. The molecule has 2 aromatic rings. The van der Waals surface area contributed by atoms with Crippen LogP contribution in [0.15, 0.2) is 0 Å². The first kappa shape index (κ1) is 16.0. The molecule has 1 amide bonds. The molecule has 0 bridgehead atoms. The van der Waals surface area contributed by atoms with Crippen molar-refractivity contribution in [3.05, 3.63) is 17.2 Å². The van der Waals surface area contributed by atoms with Crippen molar-refractivity contribution in [1.82, 2.24) is 24.4 Å². The third kappa shape index (κ3) is 3.73. The molecule has 1 N–H and O–H groups in total. The number of amides is 1. The smallest absolute Gasteiger partial charge is 0.279 e. The van der Waals surface area contributed by atoms with E-state index >= 15 is 0 Å². The summed E-state index contributed by atoms with van der Waals surface area (Å²) in [6.07, 6.45) is 5.03. The fourth-order valence-electron chi connectivity index (χ4n) is 2.83. The Balaban J connectivity index is 1.65. The molecule has 0 atom stereocenters. The second kappa shape index (κ2) is 7.14. The quantitative estimate of drug-likeness (QED) is 0.867. The number of hydrogen-bond donors (Lipinski definition) is 1. The maximum atomic E-state index is 12.3. The largest absolute Gasteiger partial charge is 0.377 e. The minimum atomic E-state index is -0.305. The van der Waals surface area contributed by atoms with Crippen LogP contribution < -0.4 is 5.32 Å². The first-order valence-electron chi connectivity index (χ1n) is 7.70. The zero-order valence-electron chi connectivity index (χ0n) is 13.3. The minimum Gasteiger partial charge on any atom is -0.377 e. The minimum absolute atomic E-state index is 0.305. The summed E-state index contributed by atoms with van der Waals surface area (Å²) in [4.78, 5) is 16.5. The molecule has 8 nitrogen and oxygen atoms in total. The first-order valence-corrected chi connectivity index (χ1v) is 8.47. The normalized spacial score (nSPS) is 15.2. The maximum absolute atomic E-state index is 12.3. The zero-order valence-corrected chi connectivity index (χ0v) is 14.1. The maximum Gasteiger partial charge on any atom is 0.279 e. The highest BCUT2D eigenvalue weighted by Gasteiger charge is 2.21. The summed E-state index contributed by atoms with van der Waals surface area (Å²) in [5.74, 6) is 0.890. The number of methoxy groups -OCH3 is 1. The Morgan fingerprint density at radius 1 is 1.43 bits per heavy atom. The molecule has 124 valence electrons. The first-order chi connectivity index (χ1) is 11.2. The van der Waals surface area contributed by atoms with Crippen molar-refractivity contribution < 1.29 is 9.53 Å². The summed E-state index contributed by atoms with van der Waals surface area (Å²) in [6, 6.07) is 0. The van der Waals surface area contributed by atoms with E-state index in [1.807, 2.05) is 11.6 Å². The lowest BCUT2D eigenvalue weighted by Gasteiger charge is -2.09.